The second-order valence-corrected chi connectivity index (χ2v) is 13.4. The van der Waals surface area contributed by atoms with Gasteiger partial charge in [-0.25, -0.2) is 9.59 Å². The number of ether oxygens (including phenoxy) is 2. The van der Waals surface area contributed by atoms with Gasteiger partial charge >= 0.3 is 12.2 Å². The maximum atomic E-state index is 12.7. The van der Waals surface area contributed by atoms with E-state index >= 15 is 0 Å². The first-order valence-electron chi connectivity index (χ1n) is 18.3. The number of anilines is 2. The molecule has 8 heteroatoms. The highest BCUT2D eigenvalue weighted by Gasteiger charge is 2.24. The first kappa shape index (κ1) is 35.2. The predicted octanol–water partition coefficient (Wildman–Crippen LogP) is 9.31. The summed E-state index contributed by atoms with van der Waals surface area (Å²) in [6, 6.07) is 35.8. The van der Waals surface area contributed by atoms with Crippen molar-refractivity contribution in [2.24, 2.45) is 0 Å². The van der Waals surface area contributed by atoms with Crippen LogP contribution in [0.1, 0.15) is 51.4 Å². The zero-order chi connectivity index (χ0) is 34.4. The van der Waals surface area contributed by atoms with Gasteiger partial charge in [-0.05, 0) is 74.9 Å². The quantitative estimate of drug-likeness (QED) is 0.138. The van der Waals surface area contributed by atoms with E-state index in [0.29, 0.717) is 0 Å². The van der Waals surface area contributed by atoms with E-state index in [4.69, 9.17) is 9.47 Å². The molecule has 0 unspecified atom stereocenters. The number of para-hydroxylation sites is 2. The smallest absolute Gasteiger partial charge is 0.411 e. The number of benzene rings is 4. The standard InChI is InChI=1S/C42H50N4O4/c47-41(43-39-21-11-9-19-37(39)33-15-5-3-6-16-33)49-35-23-29-45(30-24-35)27-13-1-2-14-28-46-31-25-36(26-32-46)50-42(48)44-40-22-12-10-20-38(40)34-17-7-4-8-18-34/h3-12,15-22,35-36H,1-2,13-14,23-32H2,(H,43,47)(H,44,48). The van der Waals surface area contributed by atoms with Crippen LogP contribution in [0.15, 0.2) is 109 Å². The molecule has 2 aliphatic heterocycles. The number of piperidine rings is 2. The van der Waals surface area contributed by atoms with Crippen LogP contribution in [0.5, 0.6) is 0 Å². The van der Waals surface area contributed by atoms with Crippen molar-refractivity contribution >= 4 is 23.6 Å². The highest BCUT2D eigenvalue weighted by atomic mass is 16.6. The summed E-state index contributed by atoms with van der Waals surface area (Å²) >= 11 is 0. The van der Waals surface area contributed by atoms with Crippen LogP contribution in [-0.2, 0) is 9.47 Å². The Morgan fingerprint density at radius 1 is 0.500 bits per heavy atom. The van der Waals surface area contributed by atoms with Gasteiger partial charge in [-0.3, -0.25) is 10.6 Å². The molecule has 2 N–H and O–H groups in total. The van der Waals surface area contributed by atoms with Crippen LogP contribution < -0.4 is 10.6 Å². The Hall–Kier alpha value is -4.66. The number of nitrogens with zero attached hydrogens (tertiary/aromatic N) is 2. The van der Waals surface area contributed by atoms with Crippen molar-refractivity contribution in [2.75, 3.05) is 49.9 Å². The molecule has 0 bridgehead atoms. The summed E-state index contributed by atoms with van der Waals surface area (Å²) in [5.41, 5.74) is 5.62. The minimum Gasteiger partial charge on any atom is -0.446 e. The fourth-order valence-electron chi connectivity index (χ4n) is 7.03. The molecule has 0 radical (unpaired) electrons. The number of likely N-dealkylation sites (tertiary alicyclic amines) is 2. The van der Waals surface area contributed by atoms with E-state index in [9.17, 15) is 9.59 Å². The van der Waals surface area contributed by atoms with Crippen molar-refractivity contribution in [3.8, 4) is 22.3 Å². The number of carbonyl (C=O) groups is 2. The van der Waals surface area contributed by atoms with Crippen molar-refractivity contribution in [1.29, 1.82) is 0 Å². The third kappa shape index (κ3) is 10.4. The Kier molecular flexibility index (Phi) is 12.9. The van der Waals surface area contributed by atoms with Crippen molar-refractivity contribution in [1.82, 2.24) is 9.80 Å². The number of rotatable bonds is 13. The summed E-state index contributed by atoms with van der Waals surface area (Å²) in [6.45, 7) is 6.06. The average Bonchev–Trinajstić information content (AvgIpc) is 3.15. The van der Waals surface area contributed by atoms with E-state index in [2.05, 4.69) is 20.4 Å². The Bertz CT molecular complexity index is 1510. The Balaban J connectivity index is 0.800. The van der Waals surface area contributed by atoms with Gasteiger partial charge in [0.05, 0.1) is 11.4 Å². The third-order valence-corrected chi connectivity index (χ3v) is 9.81. The van der Waals surface area contributed by atoms with Gasteiger partial charge in [0, 0.05) is 37.3 Å². The van der Waals surface area contributed by atoms with E-state index in [1.54, 1.807) is 0 Å². The summed E-state index contributed by atoms with van der Waals surface area (Å²) in [4.78, 5) is 30.5. The lowest BCUT2D eigenvalue weighted by Crippen LogP contribution is -2.39. The molecule has 2 fully saturated rings. The molecule has 2 saturated heterocycles. The van der Waals surface area contributed by atoms with Crippen LogP contribution in [0.25, 0.3) is 22.3 Å². The lowest BCUT2D eigenvalue weighted by molar-refractivity contribution is 0.0568. The maximum Gasteiger partial charge on any atom is 0.411 e. The first-order valence-corrected chi connectivity index (χ1v) is 18.3. The predicted molar refractivity (Wildman–Crippen MR) is 201 cm³/mol. The molecule has 2 aliphatic rings. The van der Waals surface area contributed by atoms with Gasteiger partial charge in [0.1, 0.15) is 12.2 Å². The van der Waals surface area contributed by atoms with Crippen molar-refractivity contribution in [3.63, 3.8) is 0 Å². The first-order chi connectivity index (χ1) is 24.6. The molecular formula is C42H50N4O4. The van der Waals surface area contributed by atoms with Gasteiger partial charge in [-0.2, -0.15) is 0 Å². The zero-order valence-corrected chi connectivity index (χ0v) is 29.0. The second-order valence-electron chi connectivity index (χ2n) is 13.4. The van der Waals surface area contributed by atoms with Crippen LogP contribution in [0.3, 0.4) is 0 Å². The van der Waals surface area contributed by atoms with E-state index in [1.165, 1.54) is 25.7 Å². The second kappa shape index (κ2) is 18.4. The fraction of sp³-hybridized carbons (Fsp3) is 0.381. The molecule has 262 valence electrons. The van der Waals surface area contributed by atoms with Gasteiger partial charge in [-0.1, -0.05) is 110 Å². The molecule has 2 amide bonds. The molecule has 0 atom stereocenters. The van der Waals surface area contributed by atoms with Crippen LogP contribution in [0.4, 0.5) is 21.0 Å². The van der Waals surface area contributed by atoms with Gasteiger partial charge in [0.25, 0.3) is 0 Å². The number of hydrogen-bond acceptors (Lipinski definition) is 6. The topological polar surface area (TPSA) is 83.1 Å². The van der Waals surface area contributed by atoms with E-state index < -0.39 is 0 Å². The number of carbonyl (C=O) groups excluding carboxylic acids is 2. The monoisotopic (exact) mass is 674 g/mol. The Morgan fingerprint density at radius 3 is 1.26 bits per heavy atom. The maximum absolute atomic E-state index is 12.7. The molecule has 2 heterocycles. The molecule has 0 aromatic heterocycles. The molecule has 4 aromatic carbocycles. The van der Waals surface area contributed by atoms with Crippen molar-refractivity contribution < 1.29 is 19.1 Å². The molecule has 6 rings (SSSR count). The van der Waals surface area contributed by atoms with Gasteiger partial charge in [0.15, 0.2) is 0 Å². The molecular weight excluding hydrogens is 624 g/mol. The molecule has 4 aromatic rings. The average molecular weight is 675 g/mol. The van der Waals surface area contributed by atoms with Crippen LogP contribution in [0, 0.1) is 0 Å². The minimum atomic E-state index is -0.380. The van der Waals surface area contributed by atoms with Crippen LogP contribution in [0.2, 0.25) is 0 Å². The van der Waals surface area contributed by atoms with Crippen LogP contribution in [-0.4, -0.2) is 73.5 Å². The highest BCUT2D eigenvalue weighted by molar-refractivity contribution is 5.92. The van der Waals surface area contributed by atoms with E-state index in [0.717, 1.165) is 98.6 Å². The Morgan fingerprint density at radius 2 is 0.860 bits per heavy atom. The van der Waals surface area contributed by atoms with Crippen LogP contribution >= 0.6 is 0 Å². The van der Waals surface area contributed by atoms with Crippen molar-refractivity contribution in [2.45, 2.75) is 63.6 Å². The van der Waals surface area contributed by atoms with Gasteiger partial charge < -0.3 is 19.3 Å². The minimum absolute atomic E-state index is 0.0459. The summed E-state index contributed by atoms with van der Waals surface area (Å²) in [5, 5.41) is 5.94. The summed E-state index contributed by atoms with van der Waals surface area (Å²) in [7, 11) is 0. The molecule has 8 nitrogen and oxygen atoms in total. The lowest BCUT2D eigenvalue weighted by atomic mass is 10.0. The van der Waals surface area contributed by atoms with E-state index in [1.807, 2.05) is 109 Å². The third-order valence-electron chi connectivity index (χ3n) is 9.81. The molecule has 0 aliphatic carbocycles. The van der Waals surface area contributed by atoms with E-state index in [-0.39, 0.29) is 24.4 Å². The fourth-order valence-corrected chi connectivity index (χ4v) is 7.03. The summed E-state index contributed by atoms with van der Waals surface area (Å²) in [6.07, 6.45) is 7.48. The SMILES string of the molecule is O=C(Nc1ccccc1-c1ccccc1)OC1CCN(CCCCCCN2CCC(OC(=O)Nc3ccccc3-c3ccccc3)CC2)CC1. The summed E-state index contributed by atoms with van der Waals surface area (Å²) in [5.74, 6) is 0. The number of amides is 2. The van der Waals surface area contributed by atoms with Gasteiger partial charge in [-0.15, -0.1) is 0 Å². The largest absolute Gasteiger partial charge is 0.446 e. The highest BCUT2D eigenvalue weighted by Crippen LogP contribution is 2.29. The number of hydrogen-bond donors (Lipinski definition) is 2. The summed E-state index contributed by atoms with van der Waals surface area (Å²) < 4.78 is 11.6. The van der Waals surface area contributed by atoms with Crippen molar-refractivity contribution in [3.05, 3.63) is 109 Å². The number of nitrogens with one attached hydrogen (secondary N) is 2. The van der Waals surface area contributed by atoms with Gasteiger partial charge in [0.2, 0.25) is 0 Å². The Labute approximate surface area is 296 Å². The molecule has 50 heavy (non-hydrogen) atoms. The lowest BCUT2D eigenvalue weighted by Gasteiger charge is -2.32. The number of unbranched alkanes of at least 4 members (excludes halogenated alkanes) is 3. The molecule has 0 spiro atoms. The molecule has 0 saturated carbocycles. The normalized spacial score (nSPS) is 16.1. The zero-order valence-electron chi connectivity index (χ0n) is 29.0.